The first-order valence-corrected chi connectivity index (χ1v) is 9.79. The molecule has 1 aliphatic heterocycles. The van der Waals surface area contributed by atoms with Gasteiger partial charge in [0, 0.05) is 52.9 Å². The quantitative estimate of drug-likeness (QED) is 0.241. The Hall–Kier alpha value is -0.900. The van der Waals surface area contributed by atoms with Crippen LogP contribution in [-0.2, 0) is 17.8 Å². The van der Waals surface area contributed by atoms with Crippen molar-refractivity contribution in [1.29, 1.82) is 0 Å². The molecule has 1 fully saturated rings. The number of nitrogens with one attached hydrogen (secondary N) is 2. The van der Waals surface area contributed by atoms with Gasteiger partial charge in [-0.3, -0.25) is 4.90 Å². The lowest BCUT2D eigenvalue weighted by atomic mass is 10.1. The molecule has 0 bridgehead atoms. The molecule has 154 valence electrons. The minimum absolute atomic E-state index is 0. The highest BCUT2D eigenvalue weighted by atomic mass is 127. The lowest BCUT2D eigenvalue weighted by molar-refractivity contribution is 0.131. The predicted octanol–water partition coefficient (Wildman–Crippen LogP) is 2.14. The van der Waals surface area contributed by atoms with Gasteiger partial charge in [-0.1, -0.05) is 31.2 Å². The summed E-state index contributed by atoms with van der Waals surface area (Å²) in [5.41, 5.74) is 2.68. The normalized spacial score (nSPS) is 16.0. The molecule has 2 rings (SSSR count). The fourth-order valence-electron chi connectivity index (χ4n) is 3.15. The number of methoxy groups -OCH3 is 1. The SMILES string of the molecule is CCNC(=NCc1ccccc1CN1CCN(CC)CC1)NCCOC.I. The molecule has 0 radical (unpaired) electrons. The van der Waals surface area contributed by atoms with Gasteiger partial charge in [0.2, 0.25) is 0 Å². The number of aliphatic imine (C=N–C) groups is 1. The molecule has 1 aromatic rings. The maximum Gasteiger partial charge on any atom is 0.191 e. The van der Waals surface area contributed by atoms with E-state index in [1.807, 2.05) is 0 Å². The number of piperazine rings is 1. The number of rotatable bonds is 9. The molecule has 0 spiro atoms. The molecule has 0 amide bonds. The molecule has 0 unspecified atom stereocenters. The maximum absolute atomic E-state index is 5.10. The van der Waals surface area contributed by atoms with Gasteiger partial charge in [-0.15, -0.1) is 24.0 Å². The second-order valence-electron chi connectivity index (χ2n) is 6.59. The number of benzene rings is 1. The number of hydrogen-bond acceptors (Lipinski definition) is 4. The highest BCUT2D eigenvalue weighted by Gasteiger charge is 2.16. The van der Waals surface area contributed by atoms with Crippen molar-refractivity contribution in [2.45, 2.75) is 26.9 Å². The van der Waals surface area contributed by atoms with Crippen molar-refractivity contribution in [2.75, 3.05) is 59.5 Å². The first-order chi connectivity index (χ1) is 12.8. The molecule has 1 aromatic carbocycles. The molecule has 1 aliphatic rings. The van der Waals surface area contributed by atoms with Crippen molar-refractivity contribution in [3.05, 3.63) is 35.4 Å². The van der Waals surface area contributed by atoms with Crippen LogP contribution in [0.2, 0.25) is 0 Å². The van der Waals surface area contributed by atoms with Gasteiger partial charge < -0.3 is 20.3 Å². The van der Waals surface area contributed by atoms with E-state index in [9.17, 15) is 0 Å². The Morgan fingerprint density at radius 1 is 1.04 bits per heavy atom. The molecule has 2 N–H and O–H groups in total. The Morgan fingerprint density at radius 2 is 1.70 bits per heavy atom. The molecule has 0 atom stereocenters. The Balaban J connectivity index is 0.00000364. The minimum atomic E-state index is 0. The highest BCUT2D eigenvalue weighted by molar-refractivity contribution is 14.0. The zero-order chi connectivity index (χ0) is 18.6. The van der Waals surface area contributed by atoms with E-state index in [0.29, 0.717) is 13.2 Å². The largest absolute Gasteiger partial charge is 0.383 e. The van der Waals surface area contributed by atoms with Crippen LogP contribution in [0.4, 0.5) is 0 Å². The Labute approximate surface area is 181 Å². The van der Waals surface area contributed by atoms with E-state index >= 15 is 0 Å². The van der Waals surface area contributed by atoms with Gasteiger partial charge in [0.1, 0.15) is 0 Å². The second kappa shape index (κ2) is 14.1. The number of ether oxygens (including phenoxy) is 1. The van der Waals surface area contributed by atoms with Crippen LogP contribution in [0, 0.1) is 0 Å². The van der Waals surface area contributed by atoms with Crippen LogP contribution in [-0.4, -0.2) is 75.3 Å². The number of likely N-dealkylation sites (N-methyl/N-ethyl adjacent to an activating group) is 1. The zero-order valence-corrected chi connectivity index (χ0v) is 19.4. The number of halogens is 1. The lowest BCUT2D eigenvalue weighted by Gasteiger charge is -2.34. The average Bonchev–Trinajstić information content (AvgIpc) is 2.68. The van der Waals surface area contributed by atoms with Gasteiger partial charge in [0.25, 0.3) is 0 Å². The van der Waals surface area contributed by atoms with E-state index in [1.165, 1.54) is 24.2 Å². The monoisotopic (exact) mass is 489 g/mol. The molecular weight excluding hydrogens is 453 g/mol. The highest BCUT2D eigenvalue weighted by Crippen LogP contribution is 2.14. The number of hydrogen-bond donors (Lipinski definition) is 2. The molecule has 6 nitrogen and oxygen atoms in total. The fourth-order valence-corrected chi connectivity index (χ4v) is 3.15. The molecule has 1 saturated heterocycles. The lowest BCUT2D eigenvalue weighted by Crippen LogP contribution is -2.45. The van der Waals surface area contributed by atoms with Crippen LogP contribution in [0.15, 0.2) is 29.3 Å². The third kappa shape index (κ3) is 8.76. The van der Waals surface area contributed by atoms with Crippen molar-refractivity contribution in [1.82, 2.24) is 20.4 Å². The predicted molar refractivity (Wildman–Crippen MR) is 124 cm³/mol. The smallest absolute Gasteiger partial charge is 0.191 e. The van der Waals surface area contributed by atoms with Gasteiger partial charge >= 0.3 is 0 Å². The van der Waals surface area contributed by atoms with Gasteiger partial charge in [-0.25, -0.2) is 4.99 Å². The summed E-state index contributed by atoms with van der Waals surface area (Å²) < 4.78 is 5.10. The van der Waals surface area contributed by atoms with Gasteiger partial charge in [0.15, 0.2) is 5.96 Å². The maximum atomic E-state index is 5.10. The zero-order valence-electron chi connectivity index (χ0n) is 17.0. The summed E-state index contributed by atoms with van der Waals surface area (Å²) in [4.78, 5) is 9.81. The number of guanidine groups is 1. The Kier molecular flexibility index (Phi) is 12.6. The van der Waals surface area contributed by atoms with Crippen molar-refractivity contribution < 1.29 is 4.74 Å². The topological polar surface area (TPSA) is 52.1 Å². The van der Waals surface area contributed by atoms with Crippen LogP contribution >= 0.6 is 24.0 Å². The number of nitrogens with zero attached hydrogens (tertiary/aromatic N) is 3. The Bertz CT molecular complexity index is 547. The van der Waals surface area contributed by atoms with Crippen LogP contribution in [0.3, 0.4) is 0 Å². The Morgan fingerprint density at radius 3 is 2.33 bits per heavy atom. The summed E-state index contributed by atoms with van der Waals surface area (Å²) in [6.07, 6.45) is 0. The van der Waals surface area contributed by atoms with Crippen molar-refractivity contribution in [3.63, 3.8) is 0 Å². The molecule has 7 heteroatoms. The third-order valence-electron chi connectivity index (χ3n) is 4.77. The van der Waals surface area contributed by atoms with E-state index < -0.39 is 0 Å². The summed E-state index contributed by atoms with van der Waals surface area (Å²) in [5, 5.41) is 6.59. The van der Waals surface area contributed by atoms with Crippen LogP contribution < -0.4 is 10.6 Å². The molecule has 0 aromatic heterocycles. The van der Waals surface area contributed by atoms with E-state index in [1.54, 1.807) is 7.11 Å². The van der Waals surface area contributed by atoms with E-state index in [2.05, 4.69) is 58.5 Å². The van der Waals surface area contributed by atoms with Crippen LogP contribution in [0.25, 0.3) is 0 Å². The second-order valence-corrected chi connectivity index (χ2v) is 6.59. The van der Waals surface area contributed by atoms with Crippen LogP contribution in [0.1, 0.15) is 25.0 Å². The van der Waals surface area contributed by atoms with Crippen molar-refractivity contribution >= 4 is 29.9 Å². The first kappa shape index (κ1) is 24.1. The summed E-state index contributed by atoms with van der Waals surface area (Å²) >= 11 is 0. The van der Waals surface area contributed by atoms with E-state index in [4.69, 9.17) is 9.73 Å². The van der Waals surface area contributed by atoms with E-state index in [0.717, 1.165) is 45.2 Å². The van der Waals surface area contributed by atoms with Crippen molar-refractivity contribution in [3.8, 4) is 0 Å². The summed E-state index contributed by atoms with van der Waals surface area (Å²) in [6, 6.07) is 8.67. The fraction of sp³-hybridized carbons (Fsp3) is 0.650. The molecule has 27 heavy (non-hydrogen) atoms. The van der Waals surface area contributed by atoms with Crippen LogP contribution in [0.5, 0.6) is 0 Å². The van der Waals surface area contributed by atoms with Gasteiger partial charge in [0.05, 0.1) is 13.2 Å². The van der Waals surface area contributed by atoms with Gasteiger partial charge in [-0.05, 0) is 24.6 Å². The van der Waals surface area contributed by atoms with E-state index in [-0.39, 0.29) is 24.0 Å². The first-order valence-electron chi connectivity index (χ1n) is 9.79. The molecular formula is C20H36IN5O. The van der Waals surface area contributed by atoms with Gasteiger partial charge in [-0.2, -0.15) is 0 Å². The van der Waals surface area contributed by atoms with Crippen molar-refractivity contribution in [2.24, 2.45) is 4.99 Å². The minimum Gasteiger partial charge on any atom is -0.383 e. The molecule has 0 aliphatic carbocycles. The standard InChI is InChI=1S/C20H35N5O.HI/c1-4-21-20(22-10-15-26-3)23-16-18-8-6-7-9-19(18)17-25-13-11-24(5-2)12-14-25;/h6-9H,4-5,10-17H2,1-3H3,(H2,21,22,23);1H. The average molecular weight is 489 g/mol. The molecule has 0 saturated carbocycles. The summed E-state index contributed by atoms with van der Waals surface area (Å²) in [7, 11) is 1.71. The summed E-state index contributed by atoms with van der Waals surface area (Å²) in [5.74, 6) is 0.843. The summed E-state index contributed by atoms with van der Waals surface area (Å²) in [6.45, 7) is 14.1. The molecule has 1 heterocycles. The third-order valence-corrected chi connectivity index (χ3v) is 4.77.